The first-order valence-corrected chi connectivity index (χ1v) is 11.0. The molecule has 0 bridgehead atoms. The number of ether oxygens (including phenoxy) is 2. The Morgan fingerprint density at radius 3 is 2.72 bits per heavy atom. The summed E-state index contributed by atoms with van der Waals surface area (Å²) in [5.74, 6) is -0.449. The topological polar surface area (TPSA) is 94.2 Å². The van der Waals surface area contributed by atoms with E-state index in [9.17, 15) is 14.4 Å². The van der Waals surface area contributed by atoms with E-state index in [1.165, 1.54) is 20.3 Å². The number of fused-ring (bicyclic) bond motifs is 1. The molecule has 2 aliphatic rings. The van der Waals surface area contributed by atoms with Gasteiger partial charge in [-0.2, -0.15) is 0 Å². The highest BCUT2D eigenvalue weighted by Gasteiger charge is 2.36. The van der Waals surface area contributed by atoms with Crippen molar-refractivity contribution in [3.05, 3.63) is 51.8 Å². The van der Waals surface area contributed by atoms with Gasteiger partial charge < -0.3 is 23.4 Å². The molecule has 2 aliphatic heterocycles. The predicted molar refractivity (Wildman–Crippen MR) is 116 cm³/mol. The Hall–Kier alpha value is -3.07. The van der Waals surface area contributed by atoms with Crippen LogP contribution < -0.4 is 10.3 Å². The molecule has 4 rings (SSSR count). The molecular weight excluding hydrogens is 414 g/mol. The molecule has 9 nitrogen and oxygen atoms in total. The zero-order valence-corrected chi connectivity index (χ0v) is 18.5. The Bertz CT molecular complexity index is 1030. The second kappa shape index (κ2) is 9.60. The third kappa shape index (κ3) is 4.29. The minimum absolute atomic E-state index is 0.193. The molecule has 9 heteroatoms. The number of esters is 1. The van der Waals surface area contributed by atoms with Gasteiger partial charge in [-0.15, -0.1) is 0 Å². The van der Waals surface area contributed by atoms with E-state index in [0.29, 0.717) is 56.8 Å². The molecule has 172 valence electrons. The Morgan fingerprint density at radius 2 is 2.00 bits per heavy atom. The van der Waals surface area contributed by atoms with Crippen LogP contribution in [-0.4, -0.2) is 66.1 Å². The summed E-state index contributed by atoms with van der Waals surface area (Å²) in [6.07, 6.45) is 6.11. The summed E-state index contributed by atoms with van der Waals surface area (Å²) < 4.78 is 17.3. The lowest BCUT2D eigenvalue weighted by Crippen LogP contribution is -2.49. The zero-order chi connectivity index (χ0) is 22.7. The van der Waals surface area contributed by atoms with Crippen LogP contribution in [0.25, 0.3) is 0 Å². The third-order valence-corrected chi connectivity index (χ3v) is 6.34. The summed E-state index contributed by atoms with van der Waals surface area (Å²) in [5.41, 5.74) is 1.89. The molecule has 1 atom stereocenters. The highest BCUT2D eigenvalue weighted by Crippen LogP contribution is 2.28. The number of piperidine rings is 1. The van der Waals surface area contributed by atoms with Gasteiger partial charge in [-0.1, -0.05) is 0 Å². The molecule has 0 unspecified atom stereocenters. The van der Waals surface area contributed by atoms with Crippen molar-refractivity contribution in [2.75, 3.05) is 33.9 Å². The summed E-state index contributed by atoms with van der Waals surface area (Å²) >= 11 is 0. The number of nitrogens with zero attached hydrogens (tertiary/aromatic N) is 3. The highest BCUT2D eigenvalue weighted by atomic mass is 16.5. The predicted octanol–water partition coefficient (Wildman–Crippen LogP) is 1.68. The number of amides is 1. The van der Waals surface area contributed by atoms with E-state index in [1.807, 2.05) is 6.07 Å². The van der Waals surface area contributed by atoms with Crippen LogP contribution in [0.2, 0.25) is 0 Å². The average molecular weight is 444 g/mol. The van der Waals surface area contributed by atoms with Gasteiger partial charge >= 0.3 is 5.97 Å². The number of carbonyl (C=O) groups excluding carboxylic acids is 2. The first-order valence-electron chi connectivity index (χ1n) is 11.0. The van der Waals surface area contributed by atoms with Gasteiger partial charge in [0, 0.05) is 56.5 Å². The zero-order valence-electron chi connectivity index (χ0n) is 18.5. The number of rotatable bonds is 5. The third-order valence-electron chi connectivity index (χ3n) is 6.34. The van der Waals surface area contributed by atoms with E-state index in [1.54, 1.807) is 22.0 Å². The van der Waals surface area contributed by atoms with Crippen molar-refractivity contribution >= 4 is 11.9 Å². The van der Waals surface area contributed by atoms with Crippen molar-refractivity contribution in [1.29, 1.82) is 0 Å². The minimum atomic E-state index is -0.623. The number of carbonyl (C=O) groups is 2. The molecule has 1 fully saturated rings. The fraction of sp³-hybridized carbons (Fsp3) is 0.522. The smallest absolute Gasteiger partial charge is 0.328 e. The average Bonchev–Trinajstić information content (AvgIpc) is 3.24. The number of furan rings is 1. The molecule has 0 spiro atoms. The lowest BCUT2D eigenvalue weighted by molar-refractivity contribution is -0.147. The Kier molecular flexibility index (Phi) is 6.64. The maximum Gasteiger partial charge on any atom is 0.328 e. The number of hydrogen-bond acceptors (Lipinski definition) is 7. The van der Waals surface area contributed by atoms with Crippen LogP contribution in [0.3, 0.4) is 0 Å². The van der Waals surface area contributed by atoms with Gasteiger partial charge in [0.1, 0.15) is 17.4 Å². The molecule has 2 aromatic heterocycles. The summed E-state index contributed by atoms with van der Waals surface area (Å²) in [4.78, 5) is 42.7. The van der Waals surface area contributed by atoms with Crippen LogP contribution in [-0.2, 0) is 29.0 Å². The molecule has 1 saturated heterocycles. The van der Waals surface area contributed by atoms with E-state index >= 15 is 0 Å². The standard InChI is InChI=1S/C23H29N3O6/c1-30-19-13-20(27)25-11-10-24(14-16-7-12-32-15-16)9-6-17(25)21(19)22(28)26-8-4-3-5-18(26)23(29)31-2/h7,12-13,15,18H,3-6,8-11,14H2,1-2H3/t18-/m1/s1. The first kappa shape index (κ1) is 22.1. The quantitative estimate of drug-likeness (QED) is 0.649. The van der Waals surface area contributed by atoms with Crippen molar-refractivity contribution in [2.45, 2.75) is 44.8 Å². The lowest BCUT2D eigenvalue weighted by atomic mass is 9.99. The van der Waals surface area contributed by atoms with E-state index in [0.717, 1.165) is 18.4 Å². The van der Waals surface area contributed by atoms with E-state index in [4.69, 9.17) is 13.9 Å². The van der Waals surface area contributed by atoms with Crippen molar-refractivity contribution in [2.24, 2.45) is 0 Å². The second-order valence-electron chi connectivity index (χ2n) is 8.22. The van der Waals surface area contributed by atoms with E-state index < -0.39 is 12.0 Å². The number of hydrogen-bond donors (Lipinski definition) is 0. The van der Waals surface area contributed by atoms with Gasteiger partial charge in [0.05, 0.1) is 26.7 Å². The molecule has 0 radical (unpaired) electrons. The second-order valence-corrected chi connectivity index (χ2v) is 8.22. The Balaban J connectivity index is 1.68. The Morgan fingerprint density at radius 1 is 1.16 bits per heavy atom. The molecule has 0 aromatic carbocycles. The molecule has 0 N–H and O–H groups in total. The van der Waals surface area contributed by atoms with Gasteiger partial charge in [0.25, 0.3) is 11.5 Å². The van der Waals surface area contributed by atoms with E-state index in [-0.39, 0.29) is 17.2 Å². The molecule has 32 heavy (non-hydrogen) atoms. The van der Waals surface area contributed by atoms with Crippen LogP contribution in [0.15, 0.2) is 33.9 Å². The summed E-state index contributed by atoms with van der Waals surface area (Å²) in [6.45, 7) is 2.99. The van der Waals surface area contributed by atoms with Gasteiger partial charge in [0.15, 0.2) is 0 Å². The maximum absolute atomic E-state index is 13.7. The molecule has 0 saturated carbocycles. The number of pyridine rings is 1. The van der Waals surface area contributed by atoms with Crippen LogP contribution in [0, 0.1) is 0 Å². The maximum atomic E-state index is 13.7. The number of aromatic nitrogens is 1. The lowest BCUT2D eigenvalue weighted by Gasteiger charge is -2.34. The summed E-state index contributed by atoms with van der Waals surface area (Å²) in [7, 11) is 2.79. The van der Waals surface area contributed by atoms with Crippen LogP contribution in [0.4, 0.5) is 0 Å². The van der Waals surface area contributed by atoms with Gasteiger partial charge in [-0.05, 0) is 25.3 Å². The highest BCUT2D eigenvalue weighted by molar-refractivity contribution is 6.00. The number of methoxy groups -OCH3 is 2. The first-order chi connectivity index (χ1) is 15.5. The van der Waals surface area contributed by atoms with Gasteiger partial charge in [-0.25, -0.2) is 4.79 Å². The Labute approximate surface area is 186 Å². The van der Waals surface area contributed by atoms with Crippen molar-refractivity contribution in [1.82, 2.24) is 14.4 Å². The van der Waals surface area contributed by atoms with Crippen LogP contribution in [0.5, 0.6) is 5.75 Å². The fourth-order valence-electron chi connectivity index (χ4n) is 4.68. The molecule has 2 aromatic rings. The minimum Gasteiger partial charge on any atom is -0.496 e. The van der Waals surface area contributed by atoms with E-state index in [2.05, 4.69) is 4.90 Å². The molecule has 0 aliphatic carbocycles. The fourth-order valence-corrected chi connectivity index (χ4v) is 4.68. The molecule has 1 amide bonds. The number of likely N-dealkylation sites (tertiary alicyclic amines) is 1. The van der Waals surface area contributed by atoms with Crippen molar-refractivity contribution in [3.63, 3.8) is 0 Å². The van der Waals surface area contributed by atoms with Crippen molar-refractivity contribution in [3.8, 4) is 5.75 Å². The monoisotopic (exact) mass is 443 g/mol. The van der Waals surface area contributed by atoms with Crippen LogP contribution >= 0.6 is 0 Å². The van der Waals surface area contributed by atoms with Gasteiger partial charge in [0.2, 0.25) is 0 Å². The molecular formula is C23H29N3O6. The van der Waals surface area contributed by atoms with Gasteiger partial charge in [-0.3, -0.25) is 14.5 Å². The summed E-state index contributed by atoms with van der Waals surface area (Å²) in [6, 6.07) is 2.67. The SMILES string of the molecule is COC(=O)[C@H]1CCCCN1C(=O)c1c(OC)cc(=O)n2c1CCN(Cc1ccoc1)CC2. The van der Waals surface area contributed by atoms with Crippen molar-refractivity contribution < 1.29 is 23.5 Å². The van der Waals surface area contributed by atoms with Crippen LogP contribution in [0.1, 0.15) is 40.9 Å². The summed E-state index contributed by atoms with van der Waals surface area (Å²) in [5, 5.41) is 0. The largest absolute Gasteiger partial charge is 0.496 e. The molecule has 4 heterocycles. The normalized spacial score (nSPS) is 19.2.